The number of hydrogen-bond acceptors (Lipinski definition) is 1. The maximum Gasteiger partial charge on any atom is 0.136 e. The fourth-order valence-electron chi connectivity index (χ4n) is 3.09. The Morgan fingerprint density at radius 2 is 2.31 bits per heavy atom. The fraction of sp³-hybridized carbons (Fsp3) is 0.750. The van der Waals surface area contributed by atoms with E-state index in [-0.39, 0.29) is 0 Å². The van der Waals surface area contributed by atoms with Crippen LogP contribution in [0.5, 0.6) is 0 Å². The van der Waals surface area contributed by atoms with E-state index in [1.165, 1.54) is 25.7 Å². The molecule has 0 radical (unpaired) electrons. The van der Waals surface area contributed by atoms with E-state index in [0.29, 0.717) is 17.6 Å². The molecule has 0 aromatic rings. The van der Waals surface area contributed by atoms with Gasteiger partial charge in [-0.3, -0.25) is 4.79 Å². The summed E-state index contributed by atoms with van der Waals surface area (Å²) in [6.45, 7) is 3.74. The zero-order valence-corrected chi connectivity index (χ0v) is 8.17. The summed E-state index contributed by atoms with van der Waals surface area (Å²) in [6, 6.07) is 0. The summed E-state index contributed by atoms with van der Waals surface area (Å²) < 4.78 is 0. The molecular weight excluding hydrogens is 160 g/mol. The van der Waals surface area contributed by atoms with Crippen molar-refractivity contribution in [3.05, 3.63) is 12.7 Å². The molecule has 72 valence electrons. The Morgan fingerprint density at radius 3 is 3.08 bits per heavy atom. The monoisotopic (exact) mass is 178 g/mol. The van der Waals surface area contributed by atoms with Crippen LogP contribution in [-0.2, 0) is 4.79 Å². The minimum atomic E-state index is 0.328. The SMILES string of the molecule is C=CC[C@@H]1C(=O)CC2CCC[C@@H]1C2. The Labute approximate surface area is 80.2 Å². The largest absolute Gasteiger partial charge is 0.299 e. The van der Waals surface area contributed by atoms with Crippen molar-refractivity contribution in [3.8, 4) is 0 Å². The van der Waals surface area contributed by atoms with Gasteiger partial charge >= 0.3 is 0 Å². The molecule has 1 nitrogen and oxygen atoms in total. The third-order valence-electron chi connectivity index (χ3n) is 3.72. The van der Waals surface area contributed by atoms with E-state index >= 15 is 0 Å². The van der Waals surface area contributed by atoms with Crippen molar-refractivity contribution in [2.45, 2.75) is 38.5 Å². The molecule has 0 N–H and O–H groups in total. The highest BCUT2D eigenvalue weighted by Crippen LogP contribution is 2.42. The van der Waals surface area contributed by atoms with Gasteiger partial charge in [-0.2, -0.15) is 0 Å². The lowest BCUT2D eigenvalue weighted by atomic mass is 9.65. The molecule has 0 heterocycles. The highest BCUT2D eigenvalue weighted by Gasteiger charge is 2.37. The Morgan fingerprint density at radius 1 is 1.46 bits per heavy atom. The number of ketones is 1. The van der Waals surface area contributed by atoms with Gasteiger partial charge in [0.2, 0.25) is 0 Å². The minimum absolute atomic E-state index is 0.328. The van der Waals surface area contributed by atoms with Gasteiger partial charge in [0, 0.05) is 12.3 Å². The third-order valence-corrected chi connectivity index (χ3v) is 3.72. The quantitative estimate of drug-likeness (QED) is 0.594. The molecule has 2 saturated carbocycles. The molecule has 3 atom stereocenters. The van der Waals surface area contributed by atoms with E-state index in [1.807, 2.05) is 6.08 Å². The average Bonchev–Trinajstić information content (AvgIpc) is 2.12. The van der Waals surface area contributed by atoms with Gasteiger partial charge in [-0.15, -0.1) is 6.58 Å². The van der Waals surface area contributed by atoms with Crippen LogP contribution in [-0.4, -0.2) is 5.78 Å². The highest BCUT2D eigenvalue weighted by atomic mass is 16.1. The summed E-state index contributed by atoms with van der Waals surface area (Å²) in [5.74, 6) is 2.26. The van der Waals surface area contributed by atoms with Crippen molar-refractivity contribution in [1.82, 2.24) is 0 Å². The van der Waals surface area contributed by atoms with Crippen LogP contribution in [0.4, 0.5) is 0 Å². The summed E-state index contributed by atoms with van der Waals surface area (Å²) in [5.41, 5.74) is 0. The van der Waals surface area contributed by atoms with Gasteiger partial charge in [0.15, 0.2) is 0 Å². The lowest BCUT2D eigenvalue weighted by molar-refractivity contribution is -0.129. The van der Waals surface area contributed by atoms with Crippen LogP contribution >= 0.6 is 0 Å². The van der Waals surface area contributed by atoms with E-state index in [1.54, 1.807) is 0 Å². The second kappa shape index (κ2) is 3.65. The maximum atomic E-state index is 11.8. The Kier molecular flexibility index (Phi) is 2.52. The van der Waals surface area contributed by atoms with Crippen molar-refractivity contribution in [2.75, 3.05) is 0 Å². The molecule has 1 unspecified atom stereocenters. The van der Waals surface area contributed by atoms with Gasteiger partial charge in [0.25, 0.3) is 0 Å². The maximum absolute atomic E-state index is 11.8. The van der Waals surface area contributed by atoms with Gasteiger partial charge in [-0.25, -0.2) is 0 Å². The molecule has 0 aliphatic heterocycles. The van der Waals surface area contributed by atoms with Crippen molar-refractivity contribution in [1.29, 1.82) is 0 Å². The smallest absolute Gasteiger partial charge is 0.136 e. The van der Waals surface area contributed by atoms with Gasteiger partial charge in [0.05, 0.1) is 0 Å². The first-order valence-electron chi connectivity index (χ1n) is 5.45. The molecule has 0 aromatic carbocycles. The summed E-state index contributed by atoms with van der Waals surface area (Å²) in [6.07, 6.45) is 8.91. The first-order chi connectivity index (χ1) is 6.31. The van der Waals surface area contributed by atoms with Crippen molar-refractivity contribution in [2.24, 2.45) is 17.8 Å². The molecule has 0 amide bonds. The number of hydrogen-bond donors (Lipinski definition) is 0. The standard InChI is InChI=1S/C12H18O/c1-2-4-11-10-6-3-5-9(7-10)8-12(11)13/h2,9-11H,1,3-8H2/t9?,10-,11+/m1/s1. The Bertz CT molecular complexity index is 219. The average molecular weight is 178 g/mol. The number of allylic oxidation sites excluding steroid dienone is 1. The molecule has 2 rings (SSSR count). The lowest BCUT2D eigenvalue weighted by Crippen LogP contribution is -2.35. The Balaban J connectivity index is 2.08. The zero-order chi connectivity index (χ0) is 9.26. The number of fused-ring (bicyclic) bond motifs is 2. The first-order valence-corrected chi connectivity index (χ1v) is 5.45. The highest BCUT2D eigenvalue weighted by molar-refractivity contribution is 5.82. The van der Waals surface area contributed by atoms with Crippen LogP contribution in [0.2, 0.25) is 0 Å². The fourth-order valence-corrected chi connectivity index (χ4v) is 3.09. The number of rotatable bonds is 2. The lowest BCUT2D eigenvalue weighted by Gasteiger charge is -2.38. The van der Waals surface area contributed by atoms with Gasteiger partial charge < -0.3 is 0 Å². The summed E-state index contributed by atoms with van der Waals surface area (Å²) >= 11 is 0. The molecule has 0 saturated heterocycles. The molecule has 2 fully saturated rings. The second-order valence-electron chi connectivity index (χ2n) is 4.59. The van der Waals surface area contributed by atoms with Crippen LogP contribution in [0.1, 0.15) is 38.5 Å². The molecule has 2 bridgehead atoms. The van der Waals surface area contributed by atoms with Crippen LogP contribution in [0.3, 0.4) is 0 Å². The molecule has 2 aliphatic carbocycles. The molecule has 0 spiro atoms. The topological polar surface area (TPSA) is 17.1 Å². The minimum Gasteiger partial charge on any atom is -0.299 e. The van der Waals surface area contributed by atoms with Crippen molar-refractivity contribution in [3.63, 3.8) is 0 Å². The zero-order valence-electron chi connectivity index (χ0n) is 8.17. The van der Waals surface area contributed by atoms with Crippen LogP contribution in [0.25, 0.3) is 0 Å². The number of carbonyl (C=O) groups excluding carboxylic acids is 1. The van der Waals surface area contributed by atoms with Gasteiger partial charge in [0.1, 0.15) is 5.78 Å². The number of Topliss-reactive ketones (excluding diaryl/α,β-unsaturated/α-hetero) is 1. The molecule has 1 heteroatoms. The second-order valence-corrected chi connectivity index (χ2v) is 4.59. The van der Waals surface area contributed by atoms with Gasteiger partial charge in [-0.05, 0) is 31.1 Å². The normalized spacial score (nSPS) is 38.8. The summed E-state index contributed by atoms with van der Waals surface area (Å²) in [7, 11) is 0. The molecule has 2 aliphatic rings. The van der Waals surface area contributed by atoms with Crippen molar-refractivity contribution < 1.29 is 4.79 Å². The first kappa shape index (κ1) is 8.98. The molecule has 13 heavy (non-hydrogen) atoms. The van der Waals surface area contributed by atoms with Crippen LogP contribution in [0.15, 0.2) is 12.7 Å². The molecule has 0 aromatic heterocycles. The summed E-state index contributed by atoms with van der Waals surface area (Å²) in [5, 5.41) is 0. The van der Waals surface area contributed by atoms with E-state index < -0.39 is 0 Å². The van der Waals surface area contributed by atoms with E-state index in [2.05, 4.69) is 6.58 Å². The van der Waals surface area contributed by atoms with E-state index in [0.717, 1.165) is 18.8 Å². The predicted octanol–water partition coefficient (Wildman–Crippen LogP) is 2.96. The van der Waals surface area contributed by atoms with E-state index in [9.17, 15) is 4.79 Å². The Hall–Kier alpha value is -0.590. The number of carbonyl (C=O) groups is 1. The van der Waals surface area contributed by atoms with Crippen LogP contribution < -0.4 is 0 Å². The van der Waals surface area contributed by atoms with Crippen molar-refractivity contribution >= 4 is 5.78 Å². The summed E-state index contributed by atoms with van der Waals surface area (Å²) in [4.78, 5) is 11.8. The molecular formula is C12H18O. The van der Waals surface area contributed by atoms with E-state index in [4.69, 9.17) is 0 Å². The predicted molar refractivity (Wildman–Crippen MR) is 53.4 cm³/mol. The van der Waals surface area contributed by atoms with Gasteiger partial charge in [-0.1, -0.05) is 18.9 Å². The third kappa shape index (κ3) is 1.70. The van der Waals surface area contributed by atoms with Crippen LogP contribution in [0, 0.1) is 17.8 Å².